The first kappa shape index (κ1) is 17.5. The number of benzene rings is 1. The van der Waals surface area contributed by atoms with Crippen LogP contribution in [0.2, 0.25) is 0 Å². The Labute approximate surface area is 134 Å². The predicted octanol–water partition coefficient (Wildman–Crippen LogP) is 2.02. The molecule has 0 radical (unpaired) electrons. The molecule has 0 aliphatic carbocycles. The van der Waals surface area contributed by atoms with Gasteiger partial charge in [-0.25, -0.2) is 17.5 Å². The second kappa shape index (κ2) is 7.16. The van der Waals surface area contributed by atoms with Crippen LogP contribution >= 0.6 is 11.8 Å². The minimum Gasteiger partial charge on any atom is -0.491 e. The van der Waals surface area contributed by atoms with E-state index in [0.717, 1.165) is 24.0 Å². The van der Waals surface area contributed by atoms with Gasteiger partial charge in [-0.05, 0) is 37.3 Å². The zero-order valence-electron chi connectivity index (χ0n) is 12.6. The SMILES string of the molecule is CCOc1ccc(S(=O)(=O)NCC2(OC)CCSC2)cc1F. The molecule has 1 aromatic carbocycles. The van der Waals surface area contributed by atoms with Crippen molar-refractivity contribution in [1.82, 2.24) is 4.72 Å². The van der Waals surface area contributed by atoms with Gasteiger partial charge in [0, 0.05) is 19.4 Å². The fourth-order valence-electron chi connectivity index (χ4n) is 2.19. The molecule has 124 valence electrons. The lowest BCUT2D eigenvalue weighted by molar-refractivity contribution is 0.0179. The molecule has 1 fully saturated rings. The second-order valence-corrected chi connectivity index (χ2v) is 7.91. The summed E-state index contributed by atoms with van der Waals surface area (Å²) in [6, 6.07) is 3.63. The van der Waals surface area contributed by atoms with Crippen LogP contribution in [-0.4, -0.2) is 45.8 Å². The highest BCUT2D eigenvalue weighted by atomic mass is 32.2. The summed E-state index contributed by atoms with van der Waals surface area (Å²) in [5.41, 5.74) is -0.485. The number of hydrogen-bond acceptors (Lipinski definition) is 5. The Kier molecular flexibility index (Phi) is 5.70. The number of sulfonamides is 1. The Balaban J connectivity index is 2.11. The molecule has 22 heavy (non-hydrogen) atoms. The molecule has 1 N–H and O–H groups in total. The lowest BCUT2D eigenvalue weighted by Gasteiger charge is -2.26. The summed E-state index contributed by atoms with van der Waals surface area (Å²) in [6.45, 7) is 2.22. The molecule has 1 aliphatic rings. The third-order valence-corrected chi connectivity index (χ3v) is 6.22. The zero-order valence-corrected chi connectivity index (χ0v) is 14.2. The van der Waals surface area contributed by atoms with Gasteiger partial charge < -0.3 is 9.47 Å². The number of rotatable bonds is 7. The third-order valence-electron chi connectivity index (χ3n) is 3.60. The van der Waals surface area contributed by atoms with Gasteiger partial charge in [0.2, 0.25) is 10.0 Å². The molecular weight excluding hydrogens is 329 g/mol. The van der Waals surface area contributed by atoms with Crippen LogP contribution in [0.15, 0.2) is 23.1 Å². The summed E-state index contributed by atoms with van der Waals surface area (Å²) in [4.78, 5) is -0.120. The van der Waals surface area contributed by atoms with Crippen LogP contribution in [0.4, 0.5) is 4.39 Å². The maximum Gasteiger partial charge on any atom is 0.240 e. The van der Waals surface area contributed by atoms with Crippen molar-refractivity contribution in [2.75, 3.05) is 31.8 Å². The monoisotopic (exact) mass is 349 g/mol. The number of halogens is 1. The highest BCUT2D eigenvalue weighted by Crippen LogP contribution is 2.30. The number of thioether (sulfide) groups is 1. The van der Waals surface area contributed by atoms with Gasteiger partial charge in [-0.15, -0.1) is 0 Å². The molecule has 0 saturated carbocycles. The van der Waals surface area contributed by atoms with E-state index in [1.807, 2.05) is 0 Å². The molecule has 0 amide bonds. The molecule has 2 rings (SSSR count). The molecular formula is C14H20FNO4S2. The van der Waals surface area contributed by atoms with E-state index in [4.69, 9.17) is 9.47 Å². The van der Waals surface area contributed by atoms with Crippen molar-refractivity contribution in [3.8, 4) is 5.75 Å². The van der Waals surface area contributed by atoms with Gasteiger partial charge >= 0.3 is 0 Å². The van der Waals surface area contributed by atoms with Crippen molar-refractivity contribution in [2.45, 2.75) is 23.8 Å². The van der Waals surface area contributed by atoms with E-state index in [1.165, 1.54) is 12.1 Å². The molecule has 0 aromatic heterocycles. The average Bonchev–Trinajstić information content (AvgIpc) is 2.97. The third kappa shape index (κ3) is 3.92. The summed E-state index contributed by atoms with van der Waals surface area (Å²) in [5.74, 6) is 1.03. The molecule has 1 heterocycles. The summed E-state index contributed by atoms with van der Waals surface area (Å²) in [6.07, 6.45) is 0.786. The Hall–Kier alpha value is -0.830. The van der Waals surface area contributed by atoms with E-state index in [-0.39, 0.29) is 17.2 Å². The fraction of sp³-hybridized carbons (Fsp3) is 0.571. The van der Waals surface area contributed by atoms with Crippen LogP contribution in [0.5, 0.6) is 5.75 Å². The fourth-order valence-corrected chi connectivity index (χ4v) is 4.71. The van der Waals surface area contributed by atoms with E-state index in [9.17, 15) is 12.8 Å². The number of ether oxygens (including phenoxy) is 2. The minimum absolute atomic E-state index is 0.0435. The standard InChI is InChI=1S/C14H20FNO4S2/c1-3-20-13-5-4-11(8-12(13)15)22(17,18)16-9-14(19-2)6-7-21-10-14/h4-5,8,16H,3,6-7,9-10H2,1-2H3. The van der Waals surface area contributed by atoms with Crippen molar-refractivity contribution in [3.05, 3.63) is 24.0 Å². The van der Waals surface area contributed by atoms with Crippen molar-refractivity contribution in [2.24, 2.45) is 0 Å². The first-order chi connectivity index (χ1) is 10.4. The van der Waals surface area contributed by atoms with Crippen LogP contribution in [0.1, 0.15) is 13.3 Å². The zero-order chi connectivity index (χ0) is 16.2. The molecule has 1 aliphatic heterocycles. The van der Waals surface area contributed by atoms with Crippen molar-refractivity contribution >= 4 is 21.8 Å². The number of hydrogen-bond donors (Lipinski definition) is 1. The van der Waals surface area contributed by atoms with Crippen molar-refractivity contribution in [1.29, 1.82) is 0 Å². The molecule has 1 aromatic rings. The largest absolute Gasteiger partial charge is 0.491 e. The highest BCUT2D eigenvalue weighted by molar-refractivity contribution is 7.99. The summed E-state index contributed by atoms with van der Waals surface area (Å²) in [5, 5.41) is 0. The van der Waals surface area contributed by atoms with Crippen LogP contribution < -0.4 is 9.46 Å². The summed E-state index contributed by atoms with van der Waals surface area (Å²) < 4.78 is 51.4. The van der Waals surface area contributed by atoms with Gasteiger partial charge in [0.25, 0.3) is 0 Å². The Morgan fingerprint density at radius 3 is 2.77 bits per heavy atom. The van der Waals surface area contributed by atoms with Gasteiger partial charge in [-0.1, -0.05) is 0 Å². The first-order valence-electron chi connectivity index (χ1n) is 6.97. The van der Waals surface area contributed by atoms with Gasteiger partial charge in [0.05, 0.1) is 17.1 Å². The van der Waals surface area contributed by atoms with Crippen molar-refractivity contribution < 1.29 is 22.3 Å². The average molecular weight is 349 g/mol. The Morgan fingerprint density at radius 1 is 1.45 bits per heavy atom. The van der Waals surface area contributed by atoms with Crippen LogP contribution in [0.25, 0.3) is 0 Å². The van der Waals surface area contributed by atoms with E-state index < -0.39 is 21.4 Å². The Bertz CT molecular complexity index is 615. The molecule has 8 heteroatoms. The lowest BCUT2D eigenvalue weighted by atomic mass is 10.0. The highest BCUT2D eigenvalue weighted by Gasteiger charge is 2.35. The van der Waals surface area contributed by atoms with Crippen molar-refractivity contribution in [3.63, 3.8) is 0 Å². The molecule has 1 atom stereocenters. The van der Waals surface area contributed by atoms with E-state index in [2.05, 4.69) is 4.72 Å². The van der Waals surface area contributed by atoms with Crippen LogP contribution in [-0.2, 0) is 14.8 Å². The van der Waals surface area contributed by atoms with Gasteiger partial charge in [-0.3, -0.25) is 0 Å². The first-order valence-corrected chi connectivity index (χ1v) is 9.61. The van der Waals surface area contributed by atoms with E-state index in [0.29, 0.717) is 6.61 Å². The van der Waals surface area contributed by atoms with Gasteiger partial charge in [-0.2, -0.15) is 11.8 Å². The van der Waals surface area contributed by atoms with E-state index in [1.54, 1.807) is 25.8 Å². The minimum atomic E-state index is -3.78. The molecule has 0 bridgehead atoms. The second-order valence-electron chi connectivity index (χ2n) is 5.04. The summed E-state index contributed by atoms with van der Waals surface area (Å²) >= 11 is 1.73. The topological polar surface area (TPSA) is 64.6 Å². The quantitative estimate of drug-likeness (QED) is 0.816. The number of methoxy groups -OCH3 is 1. The predicted molar refractivity (Wildman–Crippen MR) is 84.4 cm³/mol. The summed E-state index contributed by atoms with van der Waals surface area (Å²) in [7, 11) is -2.20. The number of nitrogens with one attached hydrogen (secondary N) is 1. The maximum absolute atomic E-state index is 13.8. The van der Waals surface area contributed by atoms with E-state index >= 15 is 0 Å². The Morgan fingerprint density at radius 2 is 2.23 bits per heavy atom. The molecule has 1 saturated heterocycles. The smallest absolute Gasteiger partial charge is 0.240 e. The normalized spacial score (nSPS) is 22.0. The van der Waals surface area contributed by atoms with Gasteiger partial charge in [0.1, 0.15) is 0 Å². The maximum atomic E-state index is 13.8. The molecule has 1 unspecified atom stereocenters. The van der Waals surface area contributed by atoms with Crippen LogP contribution in [0.3, 0.4) is 0 Å². The molecule has 5 nitrogen and oxygen atoms in total. The van der Waals surface area contributed by atoms with Crippen LogP contribution in [0, 0.1) is 5.82 Å². The molecule has 0 spiro atoms. The van der Waals surface area contributed by atoms with Gasteiger partial charge in [0.15, 0.2) is 11.6 Å². The lowest BCUT2D eigenvalue weighted by Crippen LogP contribution is -2.44.